The van der Waals surface area contributed by atoms with Gasteiger partial charge in [0.1, 0.15) is 29.3 Å². The third kappa shape index (κ3) is 10.6. The average molecular weight is 768 g/mol. The predicted octanol–water partition coefficient (Wildman–Crippen LogP) is 3.44. The molecule has 15 nitrogen and oxygen atoms in total. The first-order valence-electron chi connectivity index (χ1n) is 18.5. The Balaban J connectivity index is 1.42. The zero-order chi connectivity index (χ0) is 40.2. The molecule has 2 atom stereocenters. The van der Waals surface area contributed by atoms with Crippen molar-refractivity contribution in [2.45, 2.75) is 58.2 Å². The highest BCUT2D eigenvalue weighted by atomic mass is 16.5. The number of carbonyl (C=O) groups excluding carboxylic acids is 5. The standard InChI is InChI=1S/C41H49N7O8/c1-26-37(47(3)25-44-26)41(53)48-20-10-9-19-42-39(51)29-15-18-33(54-4)35(21-29)56-31-16-14-30(34(22-31)55-5)23-43-38(50)27(2)45-40(52)32(46-36(49)24-48)17-13-28-11-7-6-8-12-28/h6-8,11-12,14-16,18,21-22,25,27,32H,9-10,13,17,19-20,23-24H2,1-5H3,(H,42,51)(H,43,50)(H,45,52)(H,46,49)/t27-,32-/m0/s1. The number of benzene rings is 3. The maximum Gasteiger partial charge on any atom is 0.272 e. The minimum absolute atomic E-state index is 0.0790. The van der Waals surface area contributed by atoms with Crippen LogP contribution in [0.25, 0.3) is 0 Å². The van der Waals surface area contributed by atoms with Crippen LogP contribution >= 0.6 is 0 Å². The zero-order valence-electron chi connectivity index (χ0n) is 32.3. The summed E-state index contributed by atoms with van der Waals surface area (Å²) < 4.78 is 18.8. The number of ether oxygens (including phenoxy) is 3. The third-order valence-electron chi connectivity index (χ3n) is 9.42. The van der Waals surface area contributed by atoms with Crippen LogP contribution in [-0.4, -0.2) is 89.9 Å². The molecule has 15 heteroatoms. The number of imidazole rings is 1. The molecule has 1 aromatic heterocycles. The smallest absolute Gasteiger partial charge is 0.272 e. The molecule has 6 rings (SSSR count). The minimum Gasteiger partial charge on any atom is -0.496 e. The molecule has 4 bridgehead atoms. The molecule has 0 saturated carbocycles. The summed E-state index contributed by atoms with van der Waals surface area (Å²) in [7, 11) is 4.69. The van der Waals surface area contributed by atoms with Gasteiger partial charge in [-0.1, -0.05) is 30.3 Å². The van der Waals surface area contributed by atoms with E-state index in [-0.39, 0.29) is 32.0 Å². The van der Waals surface area contributed by atoms with Crippen LogP contribution in [0.15, 0.2) is 73.1 Å². The lowest BCUT2D eigenvalue weighted by Gasteiger charge is -2.25. The molecule has 0 radical (unpaired) electrons. The van der Waals surface area contributed by atoms with Gasteiger partial charge in [-0.3, -0.25) is 24.0 Å². The molecule has 5 amide bonds. The Bertz CT molecular complexity index is 2010. The highest BCUT2D eigenvalue weighted by Crippen LogP contribution is 2.35. The van der Waals surface area contributed by atoms with E-state index in [9.17, 15) is 24.0 Å². The Morgan fingerprint density at radius 1 is 0.911 bits per heavy atom. The average Bonchev–Trinajstić information content (AvgIpc) is 3.54. The Kier molecular flexibility index (Phi) is 14.0. The first kappa shape index (κ1) is 40.8. The highest BCUT2D eigenvalue weighted by molar-refractivity contribution is 5.97. The van der Waals surface area contributed by atoms with E-state index in [2.05, 4.69) is 26.3 Å². The van der Waals surface area contributed by atoms with Gasteiger partial charge in [-0.2, -0.15) is 0 Å². The number of nitrogens with zero attached hydrogens (tertiary/aromatic N) is 3. The number of carbonyl (C=O) groups is 5. The number of nitrogens with one attached hydrogen (secondary N) is 4. The van der Waals surface area contributed by atoms with E-state index in [4.69, 9.17) is 14.2 Å². The molecule has 0 spiro atoms. The van der Waals surface area contributed by atoms with Crippen molar-refractivity contribution in [3.8, 4) is 23.0 Å². The van der Waals surface area contributed by atoms with Crippen molar-refractivity contribution in [2.75, 3.05) is 33.9 Å². The second-order valence-electron chi connectivity index (χ2n) is 13.5. The maximum absolute atomic E-state index is 13.9. The summed E-state index contributed by atoms with van der Waals surface area (Å²) in [5, 5.41) is 11.3. The summed E-state index contributed by atoms with van der Waals surface area (Å²) in [6.45, 7) is 3.50. The van der Waals surface area contributed by atoms with Crippen LogP contribution < -0.4 is 35.5 Å². The van der Waals surface area contributed by atoms with E-state index >= 15 is 0 Å². The number of aromatic nitrogens is 2. The Morgan fingerprint density at radius 2 is 1.68 bits per heavy atom. The van der Waals surface area contributed by atoms with E-state index in [0.29, 0.717) is 71.3 Å². The molecule has 2 aliphatic rings. The van der Waals surface area contributed by atoms with Crippen molar-refractivity contribution in [3.63, 3.8) is 0 Å². The van der Waals surface area contributed by atoms with Crippen LogP contribution in [0.5, 0.6) is 23.0 Å². The van der Waals surface area contributed by atoms with Gasteiger partial charge in [0.2, 0.25) is 17.7 Å². The molecule has 56 heavy (non-hydrogen) atoms. The van der Waals surface area contributed by atoms with E-state index in [0.717, 1.165) is 5.56 Å². The van der Waals surface area contributed by atoms with E-state index in [1.165, 1.54) is 25.4 Å². The maximum atomic E-state index is 13.9. The van der Waals surface area contributed by atoms with Gasteiger partial charge in [0.05, 0.1) is 32.8 Å². The summed E-state index contributed by atoms with van der Waals surface area (Å²) >= 11 is 0. The summed E-state index contributed by atoms with van der Waals surface area (Å²) in [5.74, 6) is -0.724. The molecular weight excluding hydrogens is 718 g/mol. The molecule has 0 unspecified atom stereocenters. The molecule has 3 aromatic carbocycles. The van der Waals surface area contributed by atoms with Crippen LogP contribution in [0.3, 0.4) is 0 Å². The van der Waals surface area contributed by atoms with E-state index in [1.54, 1.807) is 61.9 Å². The van der Waals surface area contributed by atoms with Crippen molar-refractivity contribution in [1.82, 2.24) is 35.7 Å². The Labute approximate surface area is 326 Å². The monoisotopic (exact) mass is 767 g/mol. The second kappa shape index (κ2) is 19.3. The van der Waals surface area contributed by atoms with Crippen molar-refractivity contribution in [2.24, 2.45) is 7.05 Å². The van der Waals surface area contributed by atoms with Crippen LogP contribution in [0.4, 0.5) is 0 Å². The van der Waals surface area contributed by atoms with Crippen LogP contribution in [0.1, 0.15) is 63.9 Å². The Morgan fingerprint density at radius 3 is 2.39 bits per heavy atom. The minimum atomic E-state index is -1.01. The van der Waals surface area contributed by atoms with E-state index in [1.807, 2.05) is 30.3 Å². The number of fused-ring (bicyclic) bond motifs is 18. The number of methoxy groups -OCH3 is 2. The second-order valence-corrected chi connectivity index (χ2v) is 13.5. The lowest BCUT2D eigenvalue weighted by Crippen LogP contribution is -2.54. The number of aryl methyl sites for hydroxylation is 3. The van der Waals surface area contributed by atoms with Gasteiger partial charge < -0.3 is 44.9 Å². The van der Waals surface area contributed by atoms with Gasteiger partial charge in [-0.25, -0.2) is 4.98 Å². The summed E-state index contributed by atoms with van der Waals surface area (Å²) in [6.07, 6.45) is 3.19. The predicted molar refractivity (Wildman–Crippen MR) is 208 cm³/mol. The molecule has 4 aromatic rings. The molecule has 0 saturated heterocycles. The molecular formula is C41H49N7O8. The quantitative estimate of drug-likeness (QED) is 0.214. The lowest BCUT2D eigenvalue weighted by molar-refractivity contribution is -0.132. The van der Waals surface area contributed by atoms with Gasteiger partial charge in [0.15, 0.2) is 11.5 Å². The van der Waals surface area contributed by atoms with Crippen molar-refractivity contribution in [1.29, 1.82) is 0 Å². The molecule has 0 aliphatic carbocycles. The summed E-state index contributed by atoms with van der Waals surface area (Å²) in [4.78, 5) is 73.4. The largest absolute Gasteiger partial charge is 0.496 e. The lowest BCUT2D eigenvalue weighted by atomic mass is 10.0. The first-order chi connectivity index (χ1) is 27.0. The number of rotatable bonds is 6. The first-order valence-corrected chi connectivity index (χ1v) is 18.5. The molecule has 2 aliphatic heterocycles. The van der Waals surface area contributed by atoms with E-state index < -0.39 is 35.7 Å². The normalized spacial score (nSPS) is 17.6. The van der Waals surface area contributed by atoms with Crippen LogP contribution in [0, 0.1) is 6.92 Å². The fourth-order valence-corrected chi connectivity index (χ4v) is 6.30. The van der Waals surface area contributed by atoms with Gasteiger partial charge in [-0.15, -0.1) is 0 Å². The van der Waals surface area contributed by atoms with Gasteiger partial charge >= 0.3 is 0 Å². The third-order valence-corrected chi connectivity index (χ3v) is 9.42. The van der Waals surface area contributed by atoms with Gasteiger partial charge in [-0.05, 0) is 75.4 Å². The highest BCUT2D eigenvalue weighted by Gasteiger charge is 2.28. The summed E-state index contributed by atoms with van der Waals surface area (Å²) in [6, 6.07) is 17.5. The SMILES string of the molecule is COc1cc2ccc1CNC(=O)[C@H](C)NC(=O)[C@H](CCc1ccccc1)NC(=O)CN(C(=O)c1c(C)ncn1C)CCCCNC(=O)c1ccc(OC)c(c1)O2. The zero-order valence-corrected chi connectivity index (χ0v) is 32.3. The molecule has 3 heterocycles. The molecule has 0 fully saturated rings. The molecule has 296 valence electrons. The number of amides is 5. The topological polar surface area (TPSA) is 182 Å². The van der Waals surface area contributed by atoms with Crippen LogP contribution in [0.2, 0.25) is 0 Å². The molecule has 4 N–H and O–H groups in total. The van der Waals surface area contributed by atoms with Crippen LogP contribution in [-0.2, 0) is 34.4 Å². The number of hydrogen-bond donors (Lipinski definition) is 4. The fourth-order valence-electron chi connectivity index (χ4n) is 6.30. The van der Waals surface area contributed by atoms with Crippen molar-refractivity contribution in [3.05, 3.63) is 101 Å². The van der Waals surface area contributed by atoms with Gasteiger partial charge in [0, 0.05) is 43.9 Å². The van der Waals surface area contributed by atoms with Gasteiger partial charge in [0.25, 0.3) is 11.8 Å². The van der Waals surface area contributed by atoms with Crippen molar-refractivity contribution >= 4 is 29.5 Å². The van der Waals surface area contributed by atoms with Crippen molar-refractivity contribution < 1.29 is 38.2 Å². The number of hydrogen-bond acceptors (Lipinski definition) is 9. The summed E-state index contributed by atoms with van der Waals surface area (Å²) in [5.41, 5.74) is 2.80. The fraction of sp³-hybridized carbons (Fsp3) is 0.366. The Hall–Kier alpha value is -6.38.